The Morgan fingerprint density at radius 3 is 2.64 bits per heavy atom. The van der Waals surface area contributed by atoms with Gasteiger partial charge in [0, 0.05) is 18.3 Å². The number of rotatable bonds is 7. The van der Waals surface area contributed by atoms with Gasteiger partial charge in [0.2, 0.25) is 0 Å². The van der Waals surface area contributed by atoms with Gasteiger partial charge in [0.1, 0.15) is 0 Å². The topological polar surface area (TPSA) is 79.2 Å². The molecule has 0 aliphatic carbocycles. The van der Waals surface area contributed by atoms with Crippen molar-refractivity contribution in [3.05, 3.63) is 42.1 Å². The molecular formula is C19H28N4O2. The van der Waals surface area contributed by atoms with E-state index >= 15 is 0 Å². The Labute approximate surface area is 149 Å². The molecule has 0 saturated heterocycles. The van der Waals surface area contributed by atoms with Crippen LogP contribution < -0.4 is 10.6 Å². The normalized spacial score (nSPS) is 13.5. The predicted molar refractivity (Wildman–Crippen MR) is 100 cm³/mol. The fraction of sp³-hybridized carbons (Fsp3) is 0.474. The van der Waals surface area contributed by atoms with Crippen LogP contribution in [-0.2, 0) is 0 Å². The molecule has 136 valence electrons. The summed E-state index contributed by atoms with van der Waals surface area (Å²) in [4.78, 5) is 12.1. The highest BCUT2D eigenvalue weighted by atomic mass is 16.3. The third kappa shape index (κ3) is 5.90. The summed E-state index contributed by atoms with van der Waals surface area (Å²) < 4.78 is 1.73. The molecule has 3 N–H and O–H groups in total. The van der Waals surface area contributed by atoms with E-state index < -0.39 is 5.60 Å². The van der Waals surface area contributed by atoms with Gasteiger partial charge in [-0.25, -0.2) is 9.48 Å². The number of anilines is 1. The number of carbonyl (C=O) groups is 1. The van der Waals surface area contributed by atoms with E-state index in [0.29, 0.717) is 18.2 Å². The van der Waals surface area contributed by atoms with Crippen LogP contribution in [0.25, 0.3) is 5.69 Å². The van der Waals surface area contributed by atoms with E-state index in [1.54, 1.807) is 11.6 Å². The first-order chi connectivity index (χ1) is 11.8. The minimum absolute atomic E-state index is 0.198. The summed E-state index contributed by atoms with van der Waals surface area (Å²) in [5.41, 5.74) is 0.876. The highest BCUT2D eigenvalue weighted by Gasteiger charge is 2.21. The number of amides is 2. The molecule has 1 aromatic carbocycles. The highest BCUT2D eigenvalue weighted by molar-refractivity contribution is 5.88. The van der Waals surface area contributed by atoms with Gasteiger partial charge in [-0.2, -0.15) is 0 Å². The predicted octanol–water partition coefficient (Wildman–Crippen LogP) is 3.49. The molecule has 2 amide bonds. The van der Waals surface area contributed by atoms with Crippen molar-refractivity contribution in [1.82, 2.24) is 15.1 Å². The van der Waals surface area contributed by atoms with Crippen LogP contribution in [0.2, 0.25) is 0 Å². The number of urea groups is 1. The van der Waals surface area contributed by atoms with Crippen LogP contribution in [-0.4, -0.2) is 33.1 Å². The Bertz CT molecular complexity index is 693. The van der Waals surface area contributed by atoms with Crippen molar-refractivity contribution in [3.63, 3.8) is 0 Å². The van der Waals surface area contributed by atoms with Gasteiger partial charge in [-0.15, -0.1) is 5.10 Å². The van der Waals surface area contributed by atoms with Crippen LogP contribution >= 0.6 is 0 Å². The van der Waals surface area contributed by atoms with Crippen molar-refractivity contribution in [2.24, 2.45) is 5.92 Å². The molecule has 0 saturated carbocycles. The van der Waals surface area contributed by atoms with Crippen molar-refractivity contribution in [2.75, 3.05) is 11.9 Å². The van der Waals surface area contributed by atoms with E-state index in [4.69, 9.17) is 0 Å². The zero-order chi connectivity index (χ0) is 18.4. The van der Waals surface area contributed by atoms with Crippen molar-refractivity contribution in [2.45, 2.75) is 46.1 Å². The van der Waals surface area contributed by atoms with Crippen LogP contribution in [0, 0.1) is 12.8 Å². The molecule has 0 radical (unpaired) electrons. The molecule has 2 rings (SSSR count). The lowest BCUT2D eigenvalue weighted by molar-refractivity contribution is 0.0481. The Hall–Kier alpha value is -2.34. The molecule has 1 heterocycles. The Kier molecular flexibility index (Phi) is 6.20. The van der Waals surface area contributed by atoms with Crippen molar-refractivity contribution >= 4 is 11.8 Å². The average molecular weight is 344 g/mol. The molecule has 6 nitrogen and oxygen atoms in total. The minimum Gasteiger partial charge on any atom is -0.388 e. The third-order valence-corrected chi connectivity index (χ3v) is 4.04. The maximum absolute atomic E-state index is 12.1. The average Bonchev–Trinajstić information content (AvgIpc) is 2.93. The zero-order valence-electron chi connectivity index (χ0n) is 15.4. The van der Waals surface area contributed by atoms with Crippen LogP contribution in [0.15, 0.2) is 36.5 Å². The van der Waals surface area contributed by atoms with E-state index in [1.807, 2.05) is 43.5 Å². The molecule has 0 fully saturated rings. The summed E-state index contributed by atoms with van der Waals surface area (Å²) in [5.74, 6) is 1.02. The molecule has 6 heteroatoms. The summed E-state index contributed by atoms with van der Waals surface area (Å²) in [5, 5.41) is 20.2. The van der Waals surface area contributed by atoms with Gasteiger partial charge in [0.25, 0.3) is 0 Å². The van der Waals surface area contributed by atoms with Crippen LogP contribution in [0.3, 0.4) is 0 Å². The standard InChI is InChI=1S/C19H28N4O2/c1-14(2)10-11-19(4,25)13-20-18(24)21-17-15(3)12-23(22-17)16-8-6-5-7-9-16/h5-9,12,14,25H,10-11,13H2,1-4H3,(H2,20,21,22,24). The van der Waals surface area contributed by atoms with E-state index in [-0.39, 0.29) is 12.6 Å². The summed E-state index contributed by atoms with van der Waals surface area (Å²) in [6, 6.07) is 9.34. The second-order valence-corrected chi connectivity index (χ2v) is 7.18. The number of nitrogens with zero attached hydrogens (tertiary/aromatic N) is 2. The molecular weight excluding hydrogens is 316 g/mol. The Balaban J connectivity index is 1.92. The van der Waals surface area contributed by atoms with Crippen molar-refractivity contribution in [3.8, 4) is 5.69 Å². The molecule has 2 aromatic rings. The number of hydrogen-bond donors (Lipinski definition) is 3. The molecule has 1 unspecified atom stereocenters. The SMILES string of the molecule is Cc1cn(-c2ccccc2)nc1NC(=O)NCC(C)(O)CCC(C)C. The first kappa shape index (κ1) is 19.0. The maximum atomic E-state index is 12.1. The second kappa shape index (κ2) is 8.16. The number of hydrogen-bond acceptors (Lipinski definition) is 3. The van der Waals surface area contributed by atoms with E-state index in [2.05, 4.69) is 29.6 Å². The zero-order valence-corrected chi connectivity index (χ0v) is 15.4. The lowest BCUT2D eigenvalue weighted by Gasteiger charge is -2.24. The summed E-state index contributed by atoms with van der Waals surface area (Å²) in [6.45, 7) is 8.06. The smallest absolute Gasteiger partial charge is 0.320 e. The first-order valence-corrected chi connectivity index (χ1v) is 8.66. The molecule has 0 aliphatic rings. The van der Waals surface area contributed by atoms with Crippen molar-refractivity contribution in [1.29, 1.82) is 0 Å². The minimum atomic E-state index is -0.917. The maximum Gasteiger partial charge on any atom is 0.320 e. The third-order valence-electron chi connectivity index (χ3n) is 4.04. The van der Waals surface area contributed by atoms with Crippen LogP contribution in [0.5, 0.6) is 0 Å². The molecule has 25 heavy (non-hydrogen) atoms. The summed E-state index contributed by atoms with van der Waals surface area (Å²) in [7, 11) is 0. The molecule has 1 aromatic heterocycles. The molecule has 0 spiro atoms. The van der Waals surface area contributed by atoms with E-state index in [0.717, 1.165) is 17.7 Å². The Morgan fingerprint density at radius 1 is 1.32 bits per heavy atom. The van der Waals surface area contributed by atoms with Gasteiger partial charge < -0.3 is 10.4 Å². The number of aromatic nitrogens is 2. The number of benzene rings is 1. The summed E-state index contributed by atoms with van der Waals surface area (Å²) in [6.07, 6.45) is 3.42. The molecule has 1 atom stereocenters. The highest BCUT2D eigenvalue weighted by Crippen LogP contribution is 2.17. The van der Waals surface area contributed by atoms with E-state index in [9.17, 15) is 9.90 Å². The summed E-state index contributed by atoms with van der Waals surface area (Å²) >= 11 is 0. The fourth-order valence-corrected chi connectivity index (χ4v) is 2.41. The van der Waals surface area contributed by atoms with Gasteiger partial charge >= 0.3 is 6.03 Å². The van der Waals surface area contributed by atoms with Gasteiger partial charge in [-0.3, -0.25) is 5.32 Å². The van der Waals surface area contributed by atoms with Gasteiger partial charge in [-0.1, -0.05) is 32.0 Å². The van der Waals surface area contributed by atoms with Gasteiger partial charge in [0.15, 0.2) is 5.82 Å². The lowest BCUT2D eigenvalue weighted by atomic mass is 9.95. The largest absolute Gasteiger partial charge is 0.388 e. The Morgan fingerprint density at radius 2 is 2.00 bits per heavy atom. The number of aliphatic hydroxyl groups is 1. The molecule has 0 aliphatic heterocycles. The fourth-order valence-electron chi connectivity index (χ4n) is 2.41. The number of para-hydroxylation sites is 1. The van der Waals surface area contributed by atoms with Gasteiger partial charge in [0.05, 0.1) is 11.3 Å². The number of carbonyl (C=O) groups excluding carboxylic acids is 1. The van der Waals surface area contributed by atoms with E-state index in [1.165, 1.54) is 0 Å². The van der Waals surface area contributed by atoms with Gasteiger partial charge in [-0.05, 0) is 44.7 Å². The van der Waals surface area contributed by atoms with Crippen LogP contribution in [0.1, 0.15) is 39.2 Å². The number of nitrogens with one attached hydrogen (secondary N) is 2. The molecule has 0 bridgehead atoms. The van der Waals surface area contributed by atoms with Crippen LogP contribution in [0.4, 0.5) is 10.6 Å². The second-order valence-electron chi connectivity index (χ2n) is 7.18. The number of aryl methyl sites for hydroxylation is 1. The first-order valence-electron chi connectivity index (χ1n) is 8.66. The lowest BCUT2D eigenvalue weighted by Crippen LogP contribution is -2.42. The van der Waals surface area contributed by atoms with Crippen molar-refractivity contribution < 1.29 is 9.90 Å². The monoisotopic (exact) mass is 344 g/mol. The quantitative estimate of drug-likeness (QED) is 0.719.